The standard InChI is InChI=1S/C23H31ClN4O3/c1-5-25-23(26-14-17(2)31-20-11-9-19(24)10-12-20)27-15-18-7-6-8-21(13-18)30-16-22(29)28(3)4/h6-13,17H,5,14-16H2,1-4H3,(H2,25,26,27). The minimum absolute atomic E-state index is 0.00935. The maximum absolute atomic E-state index is 11.7. The van der Waals surface area contributed by atoms with Crippen LogP contribution in [0.4, 0.5) is 0 Å². The van der Waals surface area contributed by atoms with Crippen LogP contribution in [0, 0.1) is 0 Å². The normalized spacial score (nSPS) is 12.1. The molecule has 2 N–H and O–H groups in total. The molecule has 2 aromatic rings. The van der Waals surface area contributed by atoms with Crippen molar-refractivity contribution in [2.75, 3.05) is 33.8 Å². The molecule has 1 unspecified atom stereocenters. The van der Waals surface area contributed by atoms with Gasteiger partial charge in [0.1, 0.15) is 17.6 Å². The van der Waals surface area contributed by atoms with Gasteiger partial charge in [0, 0.05) is 25.7 Å². The van der Waals surface area contributed by atoms with Gasteiger partial charge in [0.25, 0.3) is 5.91 Å². The van der Waals surface area contributed by atoms with E-state index in [2.05, 4.69) is 15.6 Å². The zero-order chi connectivity index (χ0) is 22.6. The van der Waals surface area contributed by atoms with Gasteiger partial charge in [-0.05, 0) is 55.8 Å². The second-order valence-electron chi connectivity index (χ2n) is 7.18. The number of benzene rings is 2. The van der Waals surface area contributed by atoms with E-state index < -0.39 is 0 Å². The summed E-state index contributed by atoms with van der Waals surface area (Å²) >= 11 is 5.91. The molecular weight excluding hydrogens is 416 g/mol. The average Bonchev–Trinajstić information content (AvgIpc) is 2.75. The quantitative estimate of drug-likeness (QED) is 0.432. The van der Waals surface area contributed by atoms with E-state index in [9.17, 15) is 4.79 Å². The highest BCUT2D eigenvalue weighted by molar-refractivity contribution is 6.30. The summed E-state index contributed by atoms with van der Waals surface area (Å²) in [5.41, 5.74) is 0.984. The van der Waals surface area contributed by atoms with Gasteiger partial charge in [0.15, 0.2) is 12.6 Å². The molecule has 0 bridgehead atoms. The molecule has 0 aromatic heterocycles. The van der Waals surface area contributed by atoms with Gasteiger partial charge in [0.2, 0.25) is 0 Å². The van der Waals surface area contributed by atoms with Crippen LogP contribution >= 0.6 is 11.6 Å². The summed E-state index contributed by atoms with van der Waals surface area (Å²) in [7, 11) is 3.40. The van der Waals surface area contributed by atoms with Crippen molar-refractivity contribution in [2.24, 2.45) is 4.99 Å². The molecule has 0 aliphatic rings. The van der Waals surface area contributed by atoms with Crippen molar-refractivity contribution >= 4 is 23.5 Å². The van der Waals surface area contributed by atoms with Crippen LogP contribution < -0.4 is 20.1 Å². The highest BCUT2D eigenvalue weighted by Crippen LogP contribution is 2.17. The Morgan fingerprint density at radius 1 is 1.13 bits per heavy atom. The zero-order valence-corrected chi connectivity index (χ0v) is 19.3. The van der Waals surface area contributed by atoms with Crippen LogP contribution in [-0.4, -0.2) is 56.7 Å². The molecule has 0 saturated heterocycles. The Morgan fingerprint density at radius 3 is 2.55 bits per heavy atom. The number of halogens is 1. The smallest absolute Gasteiger partial charge is 0.259 e. The fourth-order valence-corrected chi connectivity index (χ4v) is 2.67. The van der Waals surface area contributed by atoms with Gasteiger partial charge < -0.3 is 25.0 Å². The molecule has 0 fully saturated rings. The summed E-state index contributed by atoms with van der Waals surface area (Å²) in [6.45, 7) is 5.82. The van der Waals surface area contributed by atoms with Crippen LogP contribution in [0.2, 0.25) is 5.02 Å². The number of amides is 1. The molecule has 0 heterocycles. The first kappa shape index (κ1) is 24.3. The Morgan fingerprint density at radius 2 is 1.87 bits per heavy atom. The molecule has 31 heavy (non-hydrogen) atoms. The first-order chi connectivity index (χ1) is 14.9. The predicted octanol–water partition coefficient (Wildman–Crippen LogP) is 3.33. The van der Waals surface area contributed by atoms with E-state index in [0.29, 0.717) is 29.8 Å². The number of guanidine groups is 1. The lowest BCUT2D eigenvalue weighted by Crippen LogP contribution is -2.41. The van der Waals surface area contributed by atoms with E-state index in [0.717, 1.165) is 17.9 Å². The lowest BCUT2D eigenvalue weighted by molar-refractivity contribution is -0.130. The third kappa shape index (κ3) is 9.17. The lowest BCUT2D eigenvalue weighted by atomic mass is 10.2. The highest BCUT2D eigenvalue weighted by Gasteiger charge is 2.07. The number of rotatable bonds is 10. The molecule has 0 aliphatic carbocycles. The minimum Gasteiger partial charge on any atom is -0.489 e. The number of likely N-dealkylation sites (N-methyl/N-ethyl adjacent to an activating group) is 1. The average molecular weight is 447 g/mol. The molecule has 2 aromatic carbocycles. The first-order valence-electron chi connectivity index (χ1n) is 10.2. The number of carbonyl (C=O) groups is 1. The van der Waals surface area contributed by atoms with Crippen LogP contribution in [0.3, 0.4) is 0 Å². The van der Waals surface area contributed by atoms with E-state index in [1.165, 1.54) is 4.90 Å². The van der Waals surface area contributed by atoms with Crippen molar-refractivity contribution in [3.05, 3.63) is 59.1 Å². The second kappa shape index (κ2) is 12.7. The van der Waals surface area contributed by atoms with E-state index in [-0.39, 0.29) is 18.6 Å². The topological polar surface area (TPSA) is 75.2 Å². The number of nitrogens with zero attached hydrogens (tertiary/aromatic N) is 2. The third-order valence-corrected chi connectivity index (χ3v) is 4.48. The lowest BCUT2D eigenvalue weighted by Gasteiger charge is -2.18. The molecule has 2 rings (SSSR count). The van der Waals surface area contributed by atoms with Crippen LogP contribution in [-0.2, 0) is 11.3 Å². The number of hydrogen-bond acceptors (Lipinski definition) is 4. The van der Waals surface area contributed by atoms with Gasteiger partial charge in [-0.3, -0.25) is 4.79 Å². The third-order valence-electron chi connectivity index (χ3n) is 4.23. The highest BCUT2D eigenvalue weighted by atomic mass is 35.5. The van der Waals surface area contributed by atoms with Crippen molar-refractivity contribution < 1.29 is 14.3 Å². The van der Waals surface area contributed by atoms with Gasteiger partial charge in [-0.2, -0.15) is 0 Å². The number of ether oxygens (including phenoxy) is 2. The summed E-state index contributed by atoms with van der Waals surface area (Å²) in [6, 6.07) is 14.9. The van der Waals surface area contributed by atoms with Gasteiger partial charge >= 0.3 is 0 Å². The monoisotopic (exact) mass is 446 g/mol. The molecule has 8 heteroatoms. The van der Waals surface area contributed by atoms with Gasteiger partial charge in [-0.25, -0.2) is 4.99 Å². The molecule has 0 radical (unpaired) electrons. The fraction of sp³-hybridized carbons (Fsp3) is 0.391. The second-order valence-corrected chi connectivity index (χ2v) is 7.62. The largest absolute Gasteiger partial charge is 0.489 e. The van der Waals surface area contributed by atoms with Crippen LogP contribution in [0.5, 0.6) is 11.5 Å². The van der Waals surface area contributed by atoms with Crippen LogP contribution in [0.25, 0.3) is 0 Å². The van der Waals surface area contributed by atoms with Gasteiger partial charge in [-0.15, -0.1) is 0 Å². The SMILES string of the molecule is CCNC(=NCc1cccc(OCC(=O)N(C)C)c1)NCC(C)Oc1ccc(Cl)cc1. The van der Waals surface area contributed by atoms with Crippen molar-refractivity contribution in [1.82, 2.24) is 15.5 Å². The van der Waals surface area contributed by atoms with Crippen molar-refractivity contribution in [3.8, 4) is 11.5 Å². The van der Waals surface area contributed by atoms with Crippen LogP contribution in [0.1, 0.15) is 19.4 Å². The molecule has 1 atom stereocenters. The maximum atomic E-state index is 11.7. The van der Waals surface area contributed by atoms with Crippen molar-refractivity contribution in [2.45, 2.75) is 26.5 Å². The maximum Gasteiger partial charge on any atom is 0.259 e. The summed E-state index contributed by atoms with van der Waals surface area (Å²) in [6.07, 6.45) is -0.0593. The summed E-state index contributed by atoms with van der Waals surface area (Å²) in [5.74, 6) is 2.02. The first-order valence-corrected chi connectivity index (χ1v) is 10.6. The Hall–Kier alpha value is -2.93. The zero-order valence-electron chi connectivity index (χ0n) is 18.5. The number of carbonyl (C=O) groups excluding carboxylic acids is 1. The Balaban J connectivity index is 1.89. The molecule has 0 aliphatic heterocycles. The van der Waals surface area contributed by atoms with Crippen molar-refractivity contribution in [1.29, 1.82) is 0 Å². The van der Waals surface area contributed by atoms with Gasteiger partial charge in [0.05, 0.1) is 13.1 Å². The van der Waals surface area contributed by atoms with Crippen molar-refractivity contribution in [3.63, 3.8) is 0 Å². The molecule has 0 spiro atoms. The Labute approximate surface area is 189 Å². The minimum atomic E-state index is -0.0861. The summed E-state index contributed by atoms with van der Waals surface area (Å²) in [4.78, 5) is 17.8. The fourth-order valence-electron chi connectivity index (χ4n) is 2.55. The number of nitrogens with one attached hydrogen (secondary N) is 2. The molecular formula is C23H31ClN4O3. The van der Waals surface area contributed by atoms with E-state index >= 15 is 0 Å². The van der Waals surface area contributed by atoms with E-state index in [1.807, 2.05) is 50.2 Å². The Bertz CT molecular complexity index is 856. The molecule has 7 nitrogen and oxygen atoms in total. The van der Waals surface area contributed by atoms with Gasteiger partial charge in [-0.1, -0.05) is 23.7 Å². The Kier molecular flexibility index (Phi) is 9.97. The van der Waals surface area contributed by atoms with E-state index in [1.54, 1.807) is 26.2 Å². The van der Waals surface area contributed by atoms with E-state index in [4.69, 9.17) is 21.1 Å². The molecule has 1 amide bonds. The number of aliphatic imine (C=N–C) groups is 1. The van der Waals surface area contributed by atoms with Crippen LogP contribution in [0.15, 0.2) is 53.5 Å². The summed E-state index contributed by atoms with van der Waals surface area (Å²) in [5, 5.41) is 7.21. The molecule has 0 saturated carbocycles. The number of hydrogen-bond donors (Lipinski definition) is 2. The molecule has 168 valence electrons. The summed E-state index contributed by atoms with van der Waals surface area (Å²) < 4.78 is 11.5. The predicted molar refractivity (Wildman–Crippen MR) is 125 cm³/mol.